The number of hydrogen-bond acceptors (Lipinski definition) is 5. The molecule has 1 amide bonds. The van der Waals surface area contributed by atoms with E-state index in [-0.39, 0.29) is 24.3 Å². The molecule has 0 saturated heterocycles. The number of nitrogens with one attached hydrogen (secondary N) is 1. The molecule has 8 nitrogen and oxygen atoms in total. The van der Waals surface area contributed by atoms with Gasteiger partial charge in [-0.25, -0.2) is 9.67 Å². The van der Waals surface area contributed by atoms with Crippen molar-refractivity contribution >= 4 is 22.8 Å². The van der Waals surface area contributed by atoms with Crippen molar-refractivity contribution in [2.75, 3.05) is 5.32 Å². The molecule has 0 unspecified atom stereocenters. The third kappa shape index (κ3) is 4.98. The molecule has 4 aromatic rings. The second-order valence-corrected chi connectivity index (χ2v) is 8.12. The Labute approximate surface area is 192 Å². The minimum atomic E-state index is -4.47. The fourth-order valence-corrected chi connectivity index (χ4v) is 3.43. The lowest BCUT2D eigenvalue weighted by molar-refractivity contribution is -0.137. The lowest BCUT2D eigenvalue weighted by Gasteiger charge is -2.10. The van der Waals surface area contributed by atoms with Crippen LogP contribution in [0.3, 0.4) is 0 Å². The van der Waals surface area contributed by atoms with E-state index in [4.69, 9.17) is 0 Å². The van der Waals surface area contributed by atoms with Crippen LogP contribution < -0.4 is 10.9 Å². The number of aromatic nitrogens is 5. The summed E-state index contributed by atoms with van der Waals surface area (Å²) in [6.07, 6.45) is -3.28. The van der Waals surface area contributed by atoms with Crippen LogP contribution in [0.2, 0.25) is 0 Å². The maximum absolute atomic E-state index is 13.0. The zero-order chi connectivity index (χ0) is 24.5. The predicted octanol–water partition coefficient (Wildman–Crippen LogP) is 3.82. The monoisotopic (exact) mass is 470 g/mol. The molecule has 2 aromatic carbocycles. The minimum Gasteiger partial charge on any atom is -0.325 e. The Bertz CT molecular complexity index is 1390. The number of nitrogens with zero attached hydrogens (tertiary/aromatic N) is 5. The van der Waals surface area contributed by atoms with Crippen LogP contribution in [0.5, 0.6) is 0 Å². The van der Waals surface area contributed by atoms with Crippen molar-refractivity contribution in [3.8, 4) is 0 Å². The van der Waals surface area contributed by atoms with E-state index in [1.54, 1.807) is 12.1 Å². The summed E-state index contributed by atoms with van der Waals surface area (Å²) in [7, 11) is 0. The predicted molar refractivity (Wildman–Crippen MR) is 119 cm³/mol. The van der Waals surface area contributed by atoms with Crippen molar-refractivity contribution < 1.29 is 18.0 Å². The maximum atomic E-state index is 13.0. The highest BCUT2D eigenvalue weighted by Gasteiger charge is 2.30. The van der Waals surface area contributed by atoms with Crippen LogP contribution in [0.15, 0.2) is 59.7 Å². The van der Waals surface area contributed by atoms with E-state index in [0.717, 1.165) is 22.3 Å². The maximum Gasteiger partial charge on any atom is 0.416 e. The van der Waals surface area contributed by atoms with Gasteiger partial charge in [0.05, 0.1) is 12.1 Å². The van der Waals surface area contributed by atoms with Crippen LogP contribution in [0.1, 0.15) is 36.5 Å². The number of fused-ring (bicyclic) bond motifs is 1. The Morgan fingerprint density at radius 1 is 1.12 bits per heavy atom. The Kier molecular flexibility index (Phi) is 6.18. The van der Waals surface area contributed by atoms with E-state index in [2.05, 4.69) is 34.5 Å². The van der Waals surface area contributed by atoms with Gasteiger partial charge in [0.25, 0.3) is 5.56 Å². The number of benzene rings is 2. The first-order valence-electron chi connectivity index (χ1n) is 10.5. The second kappa shape index (κ2) is 9.08. The normalized spacial score (nSPS) is 11.8. The van der Waals surface area contributed by atoms with Gasteiger partial charge >= 0.3 is 6.18 Å². The zero-order valence-electron chi connectivity index (χ0n) is 18.4. The molecule has 0 spiro atoms. The van der Waals surface area contributed by atoms with Gasteiger partial charge in [0.1, 0.15) is 12.9 Å². The number of carbonyl (C=O) groups excluding carboxylic acids is 1. The highest BCUT2D eigenvalue weighted by Crippen LogP contribution is 2.29. The van der Waals surface area contributed by atoms with Crippen LogP contribution in [-0.2, 0) is 24.1 Å². The van der Waals surface area contributed by atoms with Crippen LogP contribution in [-0.4, -0.2) is 30.5 Å². The topological polar surface area (TPSA) is 94.7 Å². The molecule has 2 heterocycles. The summed E-state index contributed by atoms with van der Waals surface area (Å²) >= 11 is 0. The molecular formula is C23H21F3N6O2. The van der Waals surface area contributed by atoms with Gasteiger partial charge in [-0.15, -0.1) is 5.10 Å². The number of halogens is 3. The molecule has 0 saturated carbocycles. The molecule has 0 fully saturated rings. The lowest BCUT2D eigenvalue weighted by Crippen LogP contribution is -2.28. The van der Waals surface area contributed by atoms with Gasteiger partial charge in [-0.2, -0.15) is 13.2 Å². The van der Waals surface area contributed by atoms with Crippen LogP contribution in [0, 0.1) is 0 Å². The first-order chi connectivity index (χ1) is 16.1. The summed E-state index contributed by atoms with van der Waals surface area (Å²) in [6.45, 7) is 3.80. The fourth-order valence-electron chi connectivity index (χ4n) is 3.43. The van der Waals surface area contributed by atoms with Crippen molar-refractivity contribution in [3.05, 3.63) is 81.9 Å². The van der Waals surface area contributed by atoms with E-state index < -0.39 is 23.2 Å². The van der Waals surface area contributed by atoms with E-state index >= 15 is 0 Å². The molecule has 0 radical (unpaired) electrons. The molecule has 176 valence electrons. The third-order valence-corrected chi connectivity index (χ3v) is 5.25. The van der Waals surface area contributed by atoms with Crippen LogP contribution >= 0.6 is 0 Å². The summed E-state index contributed by atoms with van der Waals surface area (Å²) in [5.41, 5.74) is 0.739. The molecule has 34 heavy (non-hydrogen) atoms. The number of carbonyl (C=O) groups is 1. The number of alkyl halides is 3. The van der Waals surface area contributed by atoms with E-state index in [9.17, 15) is 22.8 Å². The molecule has 0 bridgehead atoms. The molecule has 4 rings (SSSR count). The first kappa shape index (κ1) is 23.1. The molecule has 1 N–H and O–H groups in total. The smallest absolute Gasteiger partial charge is 0.325 e. The van der Waals surface area contributed by atoms with Crippen molar-refractivity contribution in [1.82, 2.24) is 24.5 Å². The molecule has 0 atom stereocenters. The average molecular weight is 470 g/mol. The van der Waals surface area contributed by atoms with Crippen molar-refractivity contribution in [2.24, 2.45) is 0 Å². The molecule has 2 aromatic heterocycles. The van der Waals surface area contributed by atoms with Crippen LogP contribution in [0.25, 0.3) is 11.2 Å². The van der Waals surface area contributed by atoms with Gasteiger partial charge < -0.3 is 5.32 Å². The van der Waals surface area contributed by atoms with Crippen molar-refractivity contribution in [3.63, 3.8) is 0 Å². The molecule has 0 aliphatic heterocycles. The third-order valence-electron chi connectivity index (χ3n) is 5.25. The molecule has 11 heteroatoms. The summed E-state index contributed by atoms with van der Waals surface area (Å²) in [5, 5.41) is 10.4. The average Bonchev–Trinajstić information content (AvgIpc) is 3.19. The Balaban J connectivity index is 1.51. The zero-order valence-corrected chi connectivity index (χ0v) is 18.4. The largest absolute Gasteiger partial charge is 0.416 e. The van der Waals surface area contributed by atoms with E-state index in [1.807, 2.05) is 12.1 Å². The van der Waals surface area contributed by atoms with Gasteiger partial charge in [-0.1, -0.05) is 43.3 Å². The molecular weight excluding hydrogens is 449 g/mol. The van der Waals surface area contributed by atoms with Gasteiger partial charge in [0, 0.05) is 5.69 Å². The minimum absolute atomic E-state index is 0.0519. The Morgan fingerprint density at radius 3 is 2.53 bits per heavy atom. The Hall–Kier alpha value is -4.02. The SMILES string of the molecule is CC(C)c1ccc(NC(=O)Cn2cnc3c(nnn3Cc3cccc(C(F)(F)F)c3)c2=O)cc1. The standard InChI is InChI=1S/C23H21F3N6O2/c1-14(2)16-6-8-18(9-7-16)28-19(33)12-31-13-27-21-20(22(31)34)29-30-32(21)11-15-4-3-5-17(10-15)23(24,25)26/h3-10,13-14H,11-12H2,1-2H3,(H,28,33). The first-order valence-corrected chi connectivity index (χ1v) is 10.5. The van der Waals surface area contributed by atoms with Gasteiger partial charge in [-0.05, 0) is 41.3 Å². The van der Waals surface area contributed by atoms with Crippen molar-refractivity contribution in [2.45, 2.75) is 39.0 Å². The molecule has 0 aliphatic carbocycles. The fraction of sp³-hybridized carbons (Fsp3) is 0.261. The highest BCUT2D eigenvalue weighted by molar-refractivity contribution is 5.90. The summed E-state index contributed by atoms with van der Waals surface area (Å²) < 4.78 is 41.2. The number of rotatable bonds is 6. The van der Waals surface area contributed by atoms with E-state index in [0.29, 0.717) is 17.2 Å². The number of amides is 1. The van der Waals surface area contributed by atoms with Gasteiger partial charge in [-0.3, -0.25) is 14.2 Å². The quantitative estimate of drug-likeness (QED) is 0.462. The van der Waals surface area contributed by atoms with E-state index in [1.165, 1.54) is 23.1 Å². The Morgan fingerprint density at radius 2 is 1.85 bits per heavy atom. The summed E-state index contributed by atoms with van der Waals surface area (Å²) in [6, 6.07) is 12.2. The van der Waals surface area contributed by atoms with Gasteiger partial charge in [0.2, 0.25) is 5.91 Å². The number of hydrogen-bond donors (Lipinski definition) is 1. The number of anilines is 1. The molecule has 0 aliphatic rings. The van der Waals surface area contributed by atoms with Crippen molar-refractivity contribution in [1.29, 1.82) is 0 Å². The lowest BCUT2D eigenvalue weighted by atomic mass is 10.0. The van der Waals surface area contributed by atoms with Crippen LogP contribution in [0.4, 0.5) is 18.9 Å². The second-order valence-electron chi connectivity index (χ2n) is 8.12. The summed E-state index contributed by atoms with van der Waals surface area (Å²) in [4.78, 5) is 29.3. The highest BCUT2D eigenvalue weighted by atomic mass is 19.4. The van der Waals surface area contributed by atoms with Gasteiger partial charge in [0.15, 0.2) is 11.2 Å². The summed E-state index contributed by atoms with van der Waals surface area (Å²) in [5.74, 6) is -0.0555.